The van der Waals surface area contributed by atoms with Crippen LogP contribution in [0.2, 0.25) is 0 Å². The van der Waals surface area contributed by atoms with Crippen molar-refractivity contribution < 1.29 is 14.2 Å². The summed E-state index contributed by atoms with van der Waals surface area (Å²) in [5, 5.41) is 3.24. The molecule has 0 aliphatic carbocycles. The maximum Gasteiger partial charge on any atom is 0.180 e. The van der Waals surface area contributed by atoms with E-state index in [2.05, 4.69) is 12.2 Å². The van der Waals surface area contributed by atoms with Gasteiger partial charge in [0.1, 0.15) is 0 Å². The standard InChI is InChI=1S/C9H21NO3/c1-4-5-10-6-7-13-8-9(11-2)12-3/h9-10H,4-8H2,1-3H3. The summed E-state index contributed by atoms with van der Waals surface area (Å²) in [6, 6.07) is 0. The minimum atomic E-state index is -0.244. The quantitative estimate of drug-likeness (QED) is 0.428. The van der Waals surface area contributed by atoms with Crippen LogP contribution in [0.3, 0.4) is 0 Å². The van der Waals surface area contributed by atoms with Crippen molar-refractivity contribution in [2.45, 2.75) is 19.6 Å². The molecule has 0 aromatic carbocycles. The minimum absolute atomic E-state index is 0.244. The molecular formula is C9H21NO3. The fourth-order valence-electron chi connectivity index (χ4n) is 0.858. The van der Waals surface area contributed by atoms with E-state index < -0.39 is 0 Å². The molecule has 0 saturated carbocycles. The van der Waals surface area contributed by atoms with Crippen molar-refractivity contribution in [2.24, 2.45) is 0 Å². The van der Waals surface area contributed by atoms with E-state index in [1.807, 2.05) is 0 Å². The van der Waals surface area contributed by atoms with E-state index in [-0.39, 0.29) is 6.29 Å². The zero-order chi connectivity index (χ0) is 9.94. The van der Waals surface area contributed by atoms with Gasteiger partial charge >= 0.3 is 0 Å². The Kier molecular flexibility index (Phi) is 9.80. The lowest BCUT2D eigenvalue weighted by Crippen LogP contribution is -2.25. The maximum atomic E-state index is 5.31. The Morgan fingerprint density at radius 1 is 1.15 bits per heavy atom. The minimum Gasteiger partial charge on any atom is -0.375 e. The zero-order valence-electron chi connectivity index (χ0n) is 8.84. The van der Waals surface area contributed by atoms with E-state index in [9.17, 15) is 0 Å². The fraction of sp³-hybridized carbons (Fsp3) is 1.00. The van der Waals surface area contributed by atoms with Crippen LogP contribution < -0.4 is 5.32 Å². The Labute approximate surface area is 80.5 Å². The van der Waals surface area contributed by atoms with Crippen LogP contribution in [0, 0.1) is 0 Å². The molecule has 0 fully saturated rings. The molecule has 80 valence electrons. The van der Waals surface area contributed by atoms with Crippen LogP contribution >= 0.6 is 0 Å². The van der Waals surface area contributed by atoms with E-state index in [0.29, 0.717) is 13.2 Å². The number of rotatable bonds is 9. The monoisotopic (exact) mass is 191 g/mol. The molecule has 0 aromatic heterocycles. The molecule has 0 rings (SSSR count). The van der Waals surface area contributed by atoms with Crippen molar-refractivity contribution in [3.63, 3.8) is 0 Å². The van der Waals surface area contributed by atoms with Crippen LogP contribution in [0.5, 0.6) is 0 Å². The molecule has 1 N–H and O–H groups in total. The summed E-state index contributed by atoms with van der Waals surface area (Å²) in [5.74, 6) is 0. The topological polar surface area (TPSA) is 39.7 Å². The molecule has 13 heavy (non-hydrogen) atoms. The third kappa shape index (κ3) is 8.18. The third-order valence-corrected chi connectivity index (χ3v) is 1.63. The predicted octanol–water partition coefficient (Wildman–Crippen LogP) is 0.621. The molecule has 0 aliphatic rings. The second-order valence-electron chi connectivity index (χ2n) is 2.73. The third-order valence-electron chi connectivity index (χ3n) is 1.63. The average molecular weight is 191 g/mol. The summed E-state index contributed by atoms with van der Waals surface area (Å²) in [4.78, 5) is 0. The molecule has 0 saturated heterocycles. The molecule has 0 amide bonds. The highest BCUT2D eigenvalue weighted by Crippen LogP contribution is 1.90. The lowest BCUT2D eigenvalue weighted by Gasteiger charge is -2.13. The summed E-state index contributed by atoms with van der Waals surface area (Å²) < 4.78 is 15.2. The van der Waals surface area contributed by atoms with E-state index in [4.69, 9.17) is 14.2 Å². The van der Waals surface area contributed by atoms with Gasteiger partial charge in [0.2, 0.25) is 0 Å². The first-order valence-corrected chi connectivity index (χ1v) is 4.69. The van der Waals surface area contributed by atoms with Gasteiger partial charge in [0.05, 0.1) is 13.2 Å². The highest BCUT2D eigenvalue weighted by Gasteiger charge is 2.03. The number of nitrogens with one attached hydrogen (secondary N) is 1. The van der Waals surface area contributed by atoms with Crippen molar-refractivity contribution in [3.05, 3.63) is 0 Å². The van der Waals surface area contributed by atoms with E-state index in [1.165, 1.54) is 0 Å². The summed E-state index contributed by atoms with van der Waals surface area (Å²) in [6.07, 6.45) is 0.907. The first-order valence-electron chi connectivity index (χ1n) is 4.69. The Morgan fingerprint density at radius 2 is 1.85 bits per heavy atom. The highest BCUT2D eigenvalue weighted by atomic mass is 16.7. The summed E-state index contributed by atoms with van der Waals surface area (Å²) in [7, 11) is 3.21. The maximum absolute atomic E-state index is 5.31. The number of hydrogen-bond donors (Lipinski definition) is 1. The molecule has 0 radical (unpaired) electrons. The Bertz CT molecular complexity index is 96.9. The summed E-state index contributed by atoms with van der Waals surface area (Å²) >= 11 is 0. The van der Waals surface area contributed by atoms with Crippen LogP contribution in [0.15, 0.2) is 0 Å². The van der Waals surface area contributed by atoms with Gasteiger partial charge in [-0.1, -0.05) is 6.92 Å². The summed E-state index contributed by atoms with van der Waals surface area (Å²) in [5.41, 5.74) is 0. The van der Waals surface area contributed by atoms with Crippen molar-refractivity contribution >= 4 is 0 Å². The van der Waals surface area contributed by atoms with Crippen LogP contribution in [-0.4, -0.2) is 46.8 Å². The molecular weight excluding hydrogens is 170 g/mol. The zero-order valence-corrected chi connectivity index (χ0v) is 8.84. The molecule has 4 nitrogen and oxygen atoms in total. The lowest BCUT2D eigenvalue weighted by molar-refractivity contribution is -0.139. The van der Waals surface area contributed by atoms with Gasteiger partial charge in [0, 0.05) is 20.8 Å². The van der Waals surface area contributed by atoms with Crippen LogP contribution in [-0.2, 0) is 14.2 Å². The van der Waals surface area contributed by atoms with E-state index in [0.717, 1.165) is 19.5 Å². The van der Waals surface area contributed by atoms with Gasteiger partial charge < -0.3 is 19.5 Å². The lowest BCUT2D eigenvalue weighted by atomic mass is 10.5. The van der Waals surface area contributed by atoms with Gasteiger partial charge in [-0.15, -0.1) is 0 Å². The highest BCUT2D eigenvalue weighted by molar-refractivity contribution is 4.44. The first kappa shape index (κ1) is 12.8. The van der Waals surface area contributed by atoms with E-state index in [1.54, 1.807) is 14.2 Å². The molecule has 0 aromatic rings. The molecule has 0 spiro atoms. The second-order valence-corrected chi connectivity index (χ2v) is 2.73. The molecule has 0 aliphatic heterocycles. The van der Waals surface area contributed by atoms with Crippen LogP contribution in [0.25, 0.3) is 0 Å². The molecule has 0 atom stereocenters. The van der Waals surface area contributed by atoms with Crippen LogP contribution in [0.4, 0.5) is 0 Å². The van der Waals surface area contributed by atoms with Crippen LogP contribution in [0.1, 0.15) is 13.3 Å². The van der Waals surface area contributed by atoms with Gasteiger partial charge in [-0.3, -0.25) is 0 Å². The van der Waals surface area contributed by atoms with Gasteiger partial charge in [-0.05, 0) is 13.0 Å². The van der Waals surface area contributed by atoms with Gasteiger partial charge in [-0.2, -0.15) is 0 Å². The first-order chi connectivity index (χ1) is 6.35. The van der Waals surface area contributed by atoms with Gasteiger partial charge in [-0.25, -0.2) is 0 Å². The Balaban J connectivity index is 3.05. The summed E-state index contributed by atoms with van der Waals surface area (Å²) in [6.45, 7) is 5.25. The predicted molar refractivity (Wildman–Crippen MR) is 51.8 cm³/mol. The number of hydrogen-bond acceptors (Lipinski definition) is 4. The van der Waals surface area contributed by atoms with Crippen molar-refractivity contribution in [1.82, 2.24) is 5.32 Å². The smallest absolute Gasteiger partial charge is 0.180 e. The largest absolute Gasteiger partial charge is 0.375 e. The van der Waals surface area contributed by atoms with Crippen molar-refractivity contribution in [2.75, 3.05) is 40.5 Å². The number of ether oxygens (including phenoxy) is 3. The van der Waals surface area contributed by atoms with Gasteiger partial charge in [0.15, 0.2) is 6.29 Å². The molecule has 0 unspecified atom stereocenters. The SMILES string of the molecule is CCCNCCOCC(OC)OC. The van der Waals surface area contributed by atoms with Gasteiger partial charge in [0.25, 0.3) is 0 Å². The molecule has 0 heterocycles. The Morgan fingerprint density at radius 3 is 2.38 bits per heavy atom. The normalized spacial score (nSPS) is 11.1. The Hall–Kier alpha value is -0.160. The van der Waals surface area contributed by atoms with E-state index >= 15 is 0 Å². The van der Waals surface area contributed by atoms with Crippen molar-refractivity contribution in [1.29, 1.82) is 0 Å². The number of methoxy groups -OCH3 is 2. The fourth-order valence-corrected chi connectivity index (χ4v) is 0.858. The molecule has 0 bridgehead atoms. The molecule has 4 heteroatoms. The average Bonchev–Trinajstić information content (AvgIpc) is 2.17. The second kappa shape index (κ2) is 9.92. The van der Waals surface area contributed by atoms with Crippen molar-refractivity contribution in [3.8, 4) is 0 Å².